The Labute approximate surface area is 95.2 Å². The van der Waals surface area contributed by atoms with Crippen LogP contribution in [0.5, 0.6) is 0 Å². The molecule has 1 aliphatic carbocycles. The van der Waals surface area contributed by atoms with Crippen LogP contribution in [0.4, 0.5) is 14.5 Å². The van der Waals surface area contributed by atoms with Gasteiger partial charge in [-0.2, -0.15) is 0 Å². The van der Waals surface area contributed by atoms with E-state index in [1.807, 2.05) is 0 Å². The van der Waals surface area contributed by atoms with Gasteiger partial charge in [-0.05, 0) is 18.6 Å². The van der Waals surface area contributed by atoms with E-state index in [1.54, 1.807) is 0 Å². The summed E-state index contributed by atoms with van der Waals surface area (Å²) in [5.74, 6) is -4.46. The molecule has 17 heavy (non-hydrogen) atoms. The molecule has 2 unspecified atom stereocenters. The van der Waals surface area contributed by atoms with Gasteiger partial charge in [-0.25, -0.2) is 8.78 Å². The third-order valence-corrected chi connectivity index (χ3v) is 2.57. The van der Waals surface area contributed by atoms with Crippen molar-refractivity contribution in [2.75, 3.05) is 5.32 Å². The Hall–Kier alpha value is -1.98. The van der Waals surface area contributed by atoms with E-state index in [9.17, 15) is 18.4 Å². The lowest BCUT2D eigenvalue weighted by molar-refractivity contribution is -0.139. The molecular formula is C11H9F2NO3. The second kappa shape index (κ2) is 4.12. The van der Waals surface area contributed by atoms with Crippen LogP contribution in [0.15, 0.2) is 18.2 Å². The number of halogens is 2. The number of anilines is 1. The van der Waals surface area contributed by atoms with Crippen LogP contribution in [0, 0.1) is 23.5 Å². The molecule has 2 atom stereocenters. The average molecular weight is 241 g/mol. The number of carbonyl (C=O) groups excluding carboxylic acids is 1. The van der Waals surface area contributed by atoms with Gasteiger partial charge >= 0.3 is 5.97 Å². The number of hydrogen-bond donors (Lipinski definition) is 2. The topological polar surface area (TPSA) is 66.4 Å². The third-order valence-electron chi connectivity index (χ3n) is 2.57. The highest BCUT2D eigenvalue weighted by Gasteiger charge is 2.48. The maximum absolute atomic E-state index is 12.8. The van der Waals surface area contributed by atoms with E-state index in [2.05, 4.69) is 5.32 Å². The Morgan fingerprint density at radius 2 is 1.76 bits per heavy atom. The smallest absolute Gasteiger partial charge is 0.307 e. The number of carboxylic acids is 1. The Bertz CT molecular complexity index is 469. The van der Waals surface area contributed by atoms with E-state index in [-0.39, 0.29) is 12.1 Å². The number of carboxylic acid groups (broad SMARTS) is 1. The zero-order chi connectivity index (χ0) is 12.6. The molecule has 0 bridgehead atoms. The lowest BCUT2D eigenvalue weighted by Gasteiger charge is -2.04. The molecule has 1 saturated carbocycles. The van der Waals surface area contributed by atoms with Crippen LogP contribution in [0.1, 0.15) is 6.42 Å². The molecule has 1 amide bonds. The molecule has 2 N–H and O–H groups in total. The minimum absolute atomic E-state index is 0.0106. The Kier molecular flexibility index (Phi) is 2.79. The summed E-state index contributed by atoms with van der Waals surface area (Å²) in [7, 11) is 0. The number of hydrogen-bond acceptors (Lipinski definition) is 2. The number of carbonyl (C=O) groups is 2. The van der Waals surface area contributed by atoms with Gasteiger partial charge in [-0.1, -0.05) is 0 Å². The molecule has 0 radical (unpaired) electrons. The molecule has 6 heteroatoms. The van der Waals surface area contributed by atoms with Crippen LogP contribution in [0.25, 0.3) is 0 Å². The first-order chi connectivity index (χ1) is 7.97. The third kappa shape index (κ3) is 2.58. The van der Waals surface area contributed by atoms with Gasteiger partial charge in [0.2, 0.25) is 5.91 Å². The van der Waals surface area contributed by atoms with E-state index in [4.69, 9.17) is 5.11 Å². The lowest BCUT2D eigenvalue weighted by atomic mass is 10.2. The van der Waals surface area contributed by atoms with Crippen molar-refractivity contribution in [3.05, 3.63) is 29.8 Å². The predicted octanol–water partition coefficient (Wildman–Crippen LogP) is 1.62. The first-order valence-corrected chi connectivity index (χ1v) is 4.97. The van der Waals surface area contributed by atoms with Gasteiger partial charge in [0.25, 0.3) is 0 Å². The van der Waals surface area contributed by atoms with Crippen LogP contribution in [0.2, 0.25) is 0 Å². The molecular weight excluding hydrogens is 232 g/mol. The van der Waals surface area contributed by atoms with Crippen LogP contribution in [-0.4, -0.2) is 17.0 Å². The molecule has 1 aromatic rings. The number of aliphatic carboxylic acids is 1. The molecule has 0 spiro atoms. The number of nitrogens with one attached hydrogen (secondary N) is 1. The Morgan fingerprint density at radius 3 is 2.24 bits per heavy atom. The molecule has 0 aliphatic heterocycles. The largest absolute Gasteiger partial charge is 0.481 e. The zero-order valence-electron chi connectivity index (χ0n) is 8.61. The second-order valence-corrected chi connectivity index (χ2v) is 3.93. The quantitative estimate of drug-likeness (QED) is 0.845. The highest BCUT2D eigenvalue weighted by molar-refractivity contribution is 5.98. The summed E-state index contributed by atoms with van der Waals surface area (Å²) in [6.45, 7) is 0. The van der Waals surface area contributed by atoms with E-state index < -0.39 is 35.3 Å². The summed E-state index contributed by atoms with van der Waals surface area (Å²) in [5, 5.41) is 10.9. The van der Waals surface area contributed by atoms with Crippen molar-refractivity contribution in [2.24, 2.45) is 11.8 Å². The minimum atomic E-state index is -1.03. The molecule has 0 heterocycles. The van der Waals surface area contributed by atoms with E-state index >= 15 is 0 Å². The van der Waals surface area contributed by atoms with E-state index in [0.717, 1.165) is 12.1 Å². The van der Waals surface area contributed by atoms with Crippen molar-refractivity contribution in [2.45, 2.75) is 6.42 Å². The molecule has 1 aliphatic rings. The maximum atomic E-state index is 12.8. The van der Waals surface area contributed by atoms with Gasteiger partial charge in [0, 0.05) is 11.8 Å². The van der Waals surface area contributed by atoms with Gasteiger partial charge in [0.15, 0.2) is 0 Å². The second-order valence-electron chi connectivity index (χ2n) is 3.93. The monoisotopic (exact) mass is 241 g/mol. The highest BCUT2D eigenvalue weighted by Crippen LogP contribution is 2.39. The van der Waals surface area contributed by atoms with Crippen LogP contribution in [0.3, 0.4) is 0 Å². The average Bonchev–Trinajstić information content (AvgIpc) is 2.94. The number of amides is 1. The fraction of sp³-hybridized carbons (Fsp3) is 0.273. The fourth-order valence-electron chi connectivity index (χ4n) is 1.62. The van der Waals surface area contributed by atoms with Crippen molar-refractivity contribution in [1.29, 1.82) is 0 Å². The van der Waals surface area contributed by atoms with Crippen LogP contribution < -0.4 is 5.32 Å². The highest BCUT2D eigenvalue weighted by atomic mass is 19.1. The fourth-order valence-corrected chi connectivity index (χ4v) is 1.62. The summed E-state index contributed by atoms with van der Waals surface area (Å²) in [4.78, 5) is 22.0. The lowest BCUT2D eigenvalue weighted by Crippen LogP contribution is -2.17. The van der Waals surface area contributed by atoms with Crippen molar-refractivity contribution < 1.29 is 23.5 Å². The van der Waals surface area contributed by atoms with Crippen molar-refractivity contribution in [3.8, 4) is 0 Å². The van der Waals surface area contributed by atoms with E-state index in [0.29, 0.717) is 6.07 Å². The summed E-state index contributed by atoms with van der Waals surface area (Å²) in [6.07, 6.45) is 0.263. The summed E-state index contributed by atoms with van der Waals surface area (Å²) in [6, 6.07) is 2.63. The molecule has 1 aromatic carbocycles. The summed E-state index contributed by atoms with van der Waals surface area (Å²) >= 11 is 0. The predicted molar refractivity (Wildman–Crippen MR) is 54.2 cm³/mol. The van der Waals surface area contributed by atoms with Crippen LogP contribution >= 0.6 is 0 Å². The van der Waals surface area contributed by atoms with Gasteiger partial charge in [0.1, 0.15) is 11.6 Å². The Morgan fingerprint density at radius 1 is 1.18 bits per heavy atom. The van der Waals surface area contributed by atoms with Gasteiger partial charge < -0.3 is 10.4 Å². The molecule has 2 rings (SSSR count). The summed E-state index contributed by atoms with van der Waals surface area (Å²) < 4.78 is 25.6. The molecule has 0 saturated heterocycles. The standard InChI is InChI=1S/C11H9F2NO3/c12-5-1-6(13)3-7(2-5)14-10(15)8-4-9(8)11(16)17/h1-3,8-9H,4H2,(H,14,15)(H,16,17). The van der Waals surface area contributed by atoms with Crippen LogP contribution in [-0.2, 0) is 9.59 Å². The molecule has 0 aromatic heterocycles. The van der Waals surface area contributed by atoms with Gasteiger partial charge in [-0.15, -0.1) is 0 Å². The molecule has 4 nitrogen and oxygen atoms in total. The van der Waals surface area contributed by atoms with Crippen molar-refractivity contribution >= 4 is 17.6 Å². The zero-order valence-corrected chi connectivity index (χ0v) is 8.61. The first-order valence-electron chi connectivity index (χ1n) is 4.97. The Balaban J connectivity index is 2.02. The van der Waals surface area contributed by atoms with E-state index in [1.165, 1.54) is 0 Å². The van der Waals surface area contributed by atoms with Crippen molar-refractivity contribution in [1.82, 2.24) is 0 Å². The summed E-state index contributed by atoms with van der Waals surface area (Å²) in [5.41, 5.74) is -0.0106. The molecule has 90 valence electrons. The minimum Gasteiger partial charge on any atom is -0.481 e. The molecule has 1 fully saturated rings. The number of rotatable bonds is 3. The van der Waals surface area contributed by atoms with Gasteiger partial charge in [-0.3, -0.25) is 9.59 Å². The SMILES string of the molecule is O=C(O)C1CC1C(=O)Nc1cc(F)cc(F)c1. The van der Waals surface area contributed by atoms with Crippen molar-refractivity contribution in [3.63, 3.8) is 0 Å². The number of benzene rings is 1. The normalized spacial score (nSPS) is 22.0. The first kappa shape index (κ1) is 11.5. The maximum Gasteiger partial charge on any atom is 0.307 e. The van der Waals surface area contributed by atoms with Gasteiger partial charge in [0.05, 0.1) is 11.8 Å².